The molecule has 2 heterocycles. The van der Waals surface area contributed by atoms with E-state index in [-0.39, 0.29) is 35.8 Å². The number of anilines is 2. The second kappa shape index (κ2) is 18.4. The second-order valence-corrected chi connectivity index (χ2v) is 13.8. The Balaban J connectivity index is 0.000000177. The summed E-state index contributed by atoms with van der Waals surface area (Å²) >= 11 is 0. The van der Waals surface area contributed by atoms with Crippen LogP contribution in [-0.4, -0.2) is 62.3 Å². The van der Waals surface area contributed by atoms with E-state index in [0.29, 0.717) is 71.6 Å². The molecule has 2 unspecified atom stereocenters. The summed E-state index contributed by atoms with van der Waals surface area (Å²) in [6.45, 7) is 6.06. The summed E-state index contributed by atoms with van der Waals surface area (Å²) in [5.41, 5.74) is 4.48. The summed E-state index contributed by atoms with van der Waals surface area (Å²) in [4.78, 5) is 55.7. The van der Waals surface area contributed by atoms with Crippen LogP contribution in [0, 0.1) is 13.8 Å². The molecule has 0 bridgehead atoms. The summed E-state index contributed by atoms with van der Waals surface area (Å²) in [5.74, 6) is -0.367. The van der Waals surface area contributed by atoms with Crippen molar-refractivity contribution >= 4 is 35.0 Å². The summed E-state index contributed by atoms with van der Waals surface area (Å²) < 4.78 is 21.8. The summed E-state index contributed by atoms with van der Waals surface area (Å²) in [5, 5.41) is 0. The molecule has 0 aromatic heterocycles. The smallest absolute Gasteiger partial charge is 0.265 e. The Morgan fingerprint density at radius 2 is 0.931 bits per heavy atom. The third-order valence-electron chi connectivity index (χ3n) is 9.32. The number of carbonyl (C=O) groups excluding carboxylic acids is 4. The van der Waals surface area contributed by atoms with Crippen molar-refractivity contribution in [3.8, 4) is 11.5 Å². The number of benzene rings is 6. The average Bonchev–Trinajstić information content (AvgIpc) is 4.20. The van der Waals surface area contributed by atoms with Gasteiger partial charge in [0.2, 0.25) is 0 Å². The molecule has 0 saturated carbocycles. The van der Waals surface area contributed by atoms with Crippen molar-refractivity contribution in [1.29, 1.82) is 0 Å². The number of aryl methyl sites for hydroxylation is 2. The zero-order chi connectivity index (χ0) is 40.4. The normalized spacial score (nSPS) is 14.9. The standard InChI is InChI=1S/2C24H21NO4/c1-17-7-5-10-19(13-17)24(27)25(23(26)18-8-3-2-4-9-18)20-11-6-12-21(14-20)28-15-22-16-29-22;1-17-8-5-6-13-22(17)24(27)25(23(26)18-9-3-2-4-10-18)19-11-7-12-20(14-19)28-15-21-16-29-21/h2-14,22H,15-16H2,1H3;2-14,21H,15-16H2,1H3. The molecular weight excluding hydrogens is 733 g/mol. The van der Waals surface area contributed by atoms with Crippen LogP contribution in [0.25, 0.3) is 0 Å². The second-order valence-electron chi connectivity index (χ2n) is 13.8. The van der Waals surface area contributed by atoms with Crippen LogP contribution in [0.3, 0.4) is 0 Å². The Kier molecular flexibility index (Phi) is 12.5. The maximum absolute atomic E-state index is 13.4. The van der Waals surface area contributed by atoms with Crippen LogP contribution < -0.4 is 19.3 Å². The van der Waals surface area contributed by atoms with Crippen molar-refractivity contribution < 1.29 is 38.1 Å². The molecule has 10 nitrogen and oxygen atoms in total. The number of amides is 4. The van der Waals surface area contributed by atoms with Crippen LogP contribution in [0.5, 0.6) is 11.5 Å². The summed E-state index contributed by atoms with van der Waals surface area (Å²) in [7, 11) is 0. The molecule has 0 spiro atoms. The first-order chi connectivity index (χ1) is 28.2. The van der Waals surface area contributed by atoms with Gasteiger partial charge in [0.15, 0.2) is 0 Å². The highest BCUT2D eigenvalue weighted by Crippen LogP contribution is 2.28. The van der Waals surface area contributed by atoms with Crippen molar-refractivity contribution in [2.75, 3.05) is 36.2 Å². The van der Waals surface area contributed by atoms with Gasteiger partial charge in [-0.25, -0.2) is 9.80 Å². The van der Waals surface area contributed by atoms with E-state index in [1.54, 1.807) is 121 Å². The number of nitrogens with zero attached hydrogens (tertiary/aromatic N) is 2. The number of hydrogen-bond donors (Lipinski definition) is 0. The largest absolute Gasteiger partial charge is 0.491 e. The predicted molar refractivity (Wildman–Crippen MR) is 221 cm³/mol. The Morgan fingerprint density at radius 1 is 0.500 bits per heavy atom. The molecule has 6 aromatic carbocycles. The quantitative estimate of drug-likeness (QED) is 0.0898. The highest BCUT2D eigenvalue weighted by atomic mass is 16.6. The minimum Gasteiger partial charge on any atom is -0.491 e. The van der Waals surface area contributed by atoms with E-state index in [1.807, 2.05) is 50.2 Å². The lowest BCUT2D eigenvalue weighted by atomic mass is 10.1. The van der Waals surface area contributed by atoms with E-state index in [0.717, 1.165) is 11.1 Å². The van der Waals surface area contributed by atoms with Crippen molar-refractivity contribution in [2.45, 2.75) is 26.1 Å². The molecule has 4 amide bonds. The van der Waals surface area contributed by atoms with E-state index < -0.39 is 0 Å². The first kappa shape index (κ1) is 39.4. The van der Waals surface area contributed by atoms with Gasteiger partial charge >= 0.3 is 0 Å². The maximum Gasteiger partial charge on any atom is 0.265 e. The number of hydrogen-bond acceptors (Lipinski definition) is 8. The molecule has 2 fully saturated rings. The Hall–Kier alpha value is -6.88. The van der Waals surface area contributed by atoms with Gasteiger partial charge < -0.3 is 18.9 Å². The fraction of sp³-hybridized carbons (Fsp3) is 0.167. The van der Waals surface area contributed by atoms with Crippen LogP contribution in [0.2, 0.25) is 0 Å². The number of carbonyl (C=O) groups is 4. The summed E-state index contributed by atoms with van der Waals surface area (Å²) in [6, 6.07) is 46.0. The van der Waals surface area contributed by atoms with Gasteiger partial charge in [0, 0.05) is 34.4 Å². The zero-order valence-electron chi connectivity index (χ0n) is 32.2. The lowest BCUT2D eigenvalue weighted by Crippen LogP contribution is -2.37. The summed E-state index contributed by atoms with van der Waals surface area (Å²) in [6.07, 6.45) is 0.240. The van der Waals surface area contributed by atoms with E-state index in [9.17, 15) is 19.2 Å². The molecule has 8 rings (SSSR count). The number of epoxide rings is 2. The Labute approximate surface area is 337 Å². The predicted octanol–water partition coefficient (Wildman–Crippen LogP) is 8.52. The van der Waals surface area contributed by atoms with Crippen molar-refractivity contribution in [3.63, 3.8) is 0 Å². The average molecular weight is 775 g/mol. The molecule has 2 aliphatic rings. The molecule has 2 saturated heterocycles. The van der Waals surface area contributed by atoms with Crippen LogP contribution >= 0.6 is 0 Å². The van der Waals surface area contributed by atoms with E-state index in [1.165, 1.54) is 9.80 Å². The van der Waals surface area contributed by atoms with Gasteiger partial charge in [-0.1, -0.05) is 84.4 Å². The third-order valence-corrected chi connectivity index (χ3v) is 9.32. The number of imide groups is 2. The Morgan fingerprint density at radius 3 is 1.41 bits per heavy atom. The molecule has 0 aliphatic carbocycles. The lowest BCUT2D eigenvalue weighted by molar-refractivity contribution is 0.0881. The maximum atomic E-state index is 13.4. The fourth-order valence-corrected chi connectivity index (χ4v) is 6.05. The molecule has 292 valence electrons. The van der Waals surface area contributed by atoms with Crippen LogP contribution in [-0.2, 0) is 9.47 Å². The van der Waals surface area contributed by atoms with Gasteiger partial charge in [-0.2, -0.15) is 0 Å². The fourth-order valence-electron chi connectivity index (χ4n) is 6.05. The molecule has 0 N–H and O–H groups in total. The first-order valence-corrected chi connectivity index (χ1v) is 18.9. The van der Waals surface area contributed by atoms with Gasteiger partial charge in [-0.3, -0.25) is 19.2 Å². The van der Waals surface area contributed by atoms with Crippen LogP contribution in [0.1, 0.15) is 52.6 Å². The first-order valence-electron chi connectivity index (χ1n) is 18.9. The SMILES string of the molecule is Cc1cccc(C(=O)N(C(=O)c2ccccc2)c2cccc(OCC3CO3)c2)c1.Cc1ccccc1C(=O)N(C(=O)c1ccccc1)c1cccc(OCC2CO2)c1. The highest BCUT2D eigenvalue weighted by Gasteiger charge is 2.29. The lowest BCUT2D eigenvalue weighted by Gasteiger charge is -2.22. The number of rotatable bonds is 12. The van der Waals surface area contributed by atoms with E-state index in [4.69, 9.17) is 18.9 Å². The minimum absolute atomic E-state index is 0.120. The molecule has 58 heavy (non-hydrogen) atoms. The molecule has 10 heteroatoms. The van der Waals surface area contributed by atoms with Crippen molar-refractivity contribution in [3.05, 3.63) is 191 Å². The van der Waals surface area contributed by atoms with E-state index >= 15 is 0 Å². The van der Waals surface area contributed by atoms with E-state index in [2.05, 4.69) is 0 Å². The topological polar surface area (TPSA) is 118 Å². The van der Waals surface area contributed by atoms with Gasteiger partial charge in [-0.15, -0.1) is 0 Å². The van der Waals surface area contributed by atoms with Crippen molar-refractivity contribution in [1.82, 2.24) is 0 Å². The third kappa shape index (κ3) is 10.1. The monoisotopic (exact) mass is 774 g/mol. The van der Waals surface area contributed by atoms with Crippen molar-refractivity contribution in [2.24, 2.45) is 0 Å². The minimum atomic E-state index is -0.389. The molecule has 2 aliphatic heterocycles. The zero-order valence-corrected chi connectivity index (χ0v) is 32.2. The molecule has 6 aromatic rings. The molecular formula is C48H42N2O8. The van der Waals surface area contributed by atoms with Gasteiger partial charge in [0.25, 0.3) is 23.6 Å². The van der Waals surface area contributed by atoms with Gasteiger partial charge in [0.05, 0.1) is 24.6 Å². The Bertz CT molecular complexity index is 2390. The van der Waals surface area contributed by atoms with Crippen LogP contribution in [0.15, 0.2) is 158 Å². The highest BCUT2D eigenvalue weighted by molar-refractivity contribution is 6.26. The van der Waals surface area contributed by atoms with Gasteiger partial charge in [-0.05, 0) is 86.1 Å². The number of ether oxygens (including phenoxy) is 4. The molecule has 0 radical (unpaired) electrons. The van der Waals surface area contributed by atoms with Crippen LogP contribution in [0.4, 0.5) is 11.4 Å². The van der Waals surface area contributed by atoms with Gasteiger partial charge in [0.1, 0.15) is 36.9 Å². The molecule has 2 atom stereocenters.